The standard InChI is InChI=1S/C8H6N2O2S/c1-5-2-3-6-4-13-9-7(6)8(5)10(11)12/h2-4H,1H3. The molecular formula is C8H6N2O2S. The van der Waals surface area contributed by atoms with Crippen molar-refractivity contribution in [3.8, 4) is 0 Å². The van der Waals surface area contributed by atoms with Gasteiger partial charge >= 0.3 is 0 Å². The second-order valence-corrected chi connectivity index (χ2v) is 3.37. The van der Waals surface area contributed by atoms with Gasteiger partial charge in [0.1, 0.15) is 0 Å². The van der Waals surface area contributed by atoms with Crippen molar-refractivity contribution in [1.82, 2.24) is 4.37 Å². The molecule has 13 heavy (non-hydrogen) atoms. The molecule has 4 nitrogen and oxygen atoms in total. The van der Waals surface area contributed by atoms with Crippen LogP contribution in [0.2, 0.25) is 0 Å². The second kappa shape index (κ2) is 2.77. The van der Waals surface area contributed by atoms with Gasteiger partial charge in [0.05, 0.1) is 4.92 Å². The highest BCUT2D eigenvalue weighted by atomic mass is 32.1. The molecule has 0 radical (unpaired) electrons. The zero-order chi connectivity index (χ0) is 9.42. The van der Waals surface area contributed by atoms with E-state index in [1.807, 2.05) is 11.4 Å². The van der Waals surface area contributed by atoms with Crippen LogP contribution in [-0.4, -0.2) is 9.30 Å². The van der Waals surface area contributed by atoms with Crippen molar-refractivity contribution < 1.29 is 4.92 Å². The maximum atomic E-state index is 10.7. The quantitative estimate of drug-likeness (QED) is 0.517. The minimum atomic E-state index is -0.378. The lowest BCUT2D eigenvalue weighted by atomic mass is 10.1. The van der Waals surface area contributed by atoms with Crippen LogP contribution >= 0.6 is 11.5 Å². The Morgan fingerprint density at radius 2 is 2.31 bits per heavy atom. The van der Waals surface area contributed by atoms with Crippen LogP contribution in [0.4, 0.5) is 5.69 Å². The van der Waals surface area contributed by atoms with Crippen LogP contribution in [-0.2, 0) is 0 Å². The van der Waals surface area contributed by atoms with Gasteiger partial charge in [-0.1, -0.05) is 12.1 Å². The largest absolute Gasteiger partial charge is 0.299 e. The van der Waals surface area contributed by atoms with Crippen LogP contribution in [0.3, 0.4) is 0 Å². The molecule has 0 saturated heterocycles. The number of nitro groups is 1. The molecule has 1 heterocycles. The van der Waals surface area contributed by atoms with Crippen LogP contribution < -0.4 is 0 Å². The number of benzene rings is 1. The lowest BCUT2D eigenvalue weighted by molar-refractivity contribution is -0.383. The highest BCUT2D eigenvalue weighted by Crippen LogP contribution is 2.28. The van der Waals surface area contributed by atoms with E-state index in [-0.39, 0.29) is 10.6 Å². The SMILES string of the molecule is Cc1ccc2csnc2c1[N+](=O)[O-]. The molecule has 66 valence electrons. The minimum Gasteiger partial charge on any atom is -0.258 e. The molecule has 2 aromatic rings. The summed E-state index contributed by atoms with van der Waals surface area (Å²) in [6.07, 6.45) is 0. The van der Waals surface area contributed by atoms with Gasteiger partial charge in [0.15, 0.2) is 5.52 Å². The summed E-state index contributed by atoms with van der Waals surface area (Å²) in [5.74, 6) is 0. The van der Waals surface area contributed by atoms with Crippen molar-refractivity contribution in [2.45, 2.75) is 6.92 Å². The van der Waals surface area contributed by atoms with Gasteiger partial charge in [-0.05, 0) is 18.5 Å². The molecule has 0 saturated carbocycles. The Kier molecular flexibility index (Phi) is 1.73. The van der Waals surface area contributed by atoms with E-state index in [2.05, 4.69) is 4.37 Å². The zero-order valence-electron chi connectivity index (χ0n) is 6.85. The fourth-order valence-corrected chi connectivity index (χ4v) is 1.91. The first-order chi connectivity index (χ1) is 6.20. The average Bonchev–Trinajstić information content (AvgIpc) is 2.50. The molecule has 0 aliphatic heterocycles. The number of hydrogen-bond donors (Lipinski definition) is 0. The topological polar surface area (TPSA) is 56.0 Å². The first kappa shape index (κ1) is 8.12. The smallest absolute Gasteiger partial charge is 0.258 e. The maximum absolute atomic E-state index is 10.7. The van der Waals surface area contributed by atoms with Crippen molar-refractivity contribution in [2.75, 3.05) is 0 Å². The van der Waals surface area contributed by atoms with Gasteiger partial charge in [0, 0.05) is 16.3 Å². The number of rotatable bonds is 1. The summed E-state index contributed by atoms with van der Waals surface area (Å²) in [5, 5.41) is 13.3. The Bertz CT molecular complexity index is 478. The lowest BCUT2D eigenvalue weighted by Crippen LogP contribution is -1.92. The average molecular weight is 194 g/mol. The molecule has 0 amide bonds. The van der Waals surface area contributed by atoms with E-state index >= 15 is 0 Å². The third-order valence-corrected chi connectivity index (χ3v) is 2.54. The van der Waals surface area contributed by atoms with Gasteiger partial charge in [-0.25, -0.2) is 0 Å². The van der Waals surface area contributed by atoms with Crippen molar-refractivity contribution in [3.63, 3.8) is 0 Å². The van der Waals surface area contributed by atoms with Crippen LogP contribution in [0, 0.1) is 17.0 Å². The molecule has 0 atom stereocenters. The molecule has 1 aromatic carbocycles. The molecule has 5 heteroatoms. The van der Waals surface area contributed by atoms with Gasteiger partial charge < -0.3 is 0 Å². The monoisotopic (exact) mass is 194 g/mol. The first-order valence-electron chi connectivity index (χ1n) is 3.68. The molecule has 0 unspecified atom stereocenters. The Morgan fingerprint density at radius 3 is 3.00 bits per heavy atom. The van der Waals surface area contributed by atoms with E-state index in [0.29, 0.717) is 11.1 Å². The normalized spacial score (nSPS) is 10.5. The molecule has 0 fully saturated rings. The molecule has 1 aromatic heterocycles. The van der Waals surface area contributed by atoms with E-state index in [4.69, 9.17) is 0 Å². The van der Waals surface area contributed by atoms with Crippen LogP contribution in [0.15, 0.2) is 17.5 Å². The number of nitro benzene ring substituents is 1. The Balaban J connectivity index is 2.88. The van der Waals surface area contributed by atoms with E-state index in [1.54, 1.807) is 13.0 Å². The minimum absolute atomic E-state index is 0.124. The predicted molar refractivity (Wildman–Crippen MR) is 51.0 cm³/mol. The lowest BCUT2D eigenvalue weighted by Gasteiger charge is -1.96. The fraction of sp³-hybridized carbons (Fsp3) is 0.125. The summed E-state index contributed by atoms with van der Waals surface area (Å²) < 4.78 is 4.00. The van der Waals surface area contributed by atoms with Gasteiger partial charge in [-0.3, -0.25) is 10.1 Å². The van der Waals surface area contributed by atoms with Gasteiger partial charge in [0.2, 0.25) is 0 Å². The molecule has 2 rings (SSSR count). The van der Waals surface area contributed by atoms with Crippen LogP contribution in [0.25, 0.3) is 10.9 Å². The third kappa shape index (κ3) is 1.17. The van der Waals surface area contributed by atoms with E-state index in [9.17, 15) is 10.1 Å². The van der Waals surface area contributed by atoms with Crippen LogP contribution in [0.1, 0.15) is 5.56 Å². The zero-order valence-corrected chi connectivity index (χ0v) is 7.67. The summed E-state index contributed by atoms with van der Waals surface area (Å²) in [5.41, 5.74) is 1.28. The first-order valence-corrected chi connectivity index (χ1v) is 4.52. The summed E-state index contributed by atoms with van der Waals surface area (Å²) in [7, 11) is 0. The summed E-state index contributed by atoms with van der Waals surface area (Å²) in [6.45, 7) is 1.72. The molecule has 0 bridgehead atoms. The van der Waals surface area contributed by atoms with Gasteiger partial charge in [0.25, 0.3) is 5.69 Å². The van der Waals surface area contributed by atoms with Crippen LogP contribution in [0.5, 0.6) is 0 Å². The predicted octanol–water partition coefficient (Wildman–Crippen LogP) is 2.51. The van der Waals surface area contributed by atoms with E-state index in [0.717, 1.165) is 5.39 Å². The maximum Gasteiger partial charge on any atom is 0.299 e. The van der Waals surface area contributed by atoms with Gasteiger partial charge in [-0.2, -0.15) is 4.37 Å². The Labute approximate surface area is 78.1 Å². The third-order valence-electron chi connectivity index (χ3n) is 1.89. The second-order valence-electron chi connectivity index (χ2n) is 2.74. The van der Waals surface area contributed by atoms with Crippen molar-refractivity contribution in [2.24, 2.45) is 0 Å². The number of aryl methyl sites for hydroxylation is 1. The molecule has 0 spiro atoms. The van der Waals surface area contributed by atoms with E-state index in [1.165, 1.54) is 11.5 Å². The summed E-state index contributed by atoms with van der Waals surface area (Å²) in [6, 6.07) is 3.59. The summed E-state index contributed by atoms with van der Waals surface area (Å²) >= 11 is 1.24. The Hall–Kier alpha value is -1.49. The van der Waals surface area contributed by atoms with Gasteiger partial charge in [-0.15, -0.1) is 0 Å². The molecule has 0 aliphatic rings. The number of fused-ring (bicyclic) bond motifs is 1. The highest BCUT2D eigenvalue weighted by molar-refractivity contribution is 7.04. The fourth-order valence-electron chi connectivity index (χ4n) is 1.25. The molecule has 0 aliphatic carbocycles. The number of nitrogens with zero attached hydrogens (tertiary/aromatic N) is 2. The highest BCUT2D eigenvalue weighted by Gasteiger charge is 2.16. The molecular weight excluding hydrogens is 188 g/mol. The number of hydrogen-bond acceptors (Lipinski definition) is 4. The summed E-state index contributed by atoms with van der Waals surface area (Å²) in [4.78, 5) is 10.3. The van der Waals surface area contributed by atoms with Crippen molar-refractivity contribution >= 4 is 28.1 Å². The Morgan fingerprint density at radius 1 is 1.54 bits per heavy atom. The van der Waals surface area contributed by atoms with Crippen molar-refractivity contribution in [1.29, 1.82) is 0 Å². The molecule has 0 N–H and O–H groups in total. The van der Waals surface area contributed by atoms with Crippen molar-refractivity contribution in [3.05, 3.63) is 33.2 Å². The van der Waals surface area contributed by atoms with E-state index < -0.39 is 0 Å². The number of aromatic nitrogens is 1.